The molecule has 6 rings (SSSR count). The maximum atomic E-state index is 13.7. The molecule has 4 aliphatic carbocycles. The molecule has 30 heavy (non-hydrogen) atoms. The first-order valence-electron chi connectivity index (χ1n) is 11.5. The van der Waals surface area contributed by atoms with Gasteiger partial charge in [0.1, 0.15) is 12.6 Å². The molecule has 6 nitrogen and oxygen atoms in total. The molecule has 1 amide bonds. The average Bonchev–Trinajstić information content (AvgIpc) is 3.31. The molecule has 0 radical (unpaired) electrons. The van der Waals surface area contributed by atoms with Gasteiger partial charge in [0.15, 0.2) is 0 Å². The number of β-amino-alcohol motifs (C(OH)–C–C–N with tert-alkyl or cyclic N) is 1. The molecule has 1 aromatic rings. The molecule has 0 aromatic carbocycles. The first-order chi connectivity index (χ1) is 14.5. The standard InChI is InChI=1S/C23H32N2O4S/c1-2-3-20-24-17(13-30-20)12-29-21(27)19-7-18(26)11-25(19)22(28)23-8-14-4-15(9-23)6-16(5-14)10-23/h13-16,18-19,26H,2-12H2,1H3/t14?,15?,16?,18?,19-,23?/m0/s1. The third-order valence-electron chi connectivity index (χ3n) is 7.73. The molecule has 1 saturated heterocycles. The largest absolute Gasteiger partial charge is 0.458 e. The van der Waals surface area contributed by atoms with Crippen molar-refractivity contribution in [2.75, 3.05) is 6.54 Å². The number of amides is 1. The van der Waals surface area contributed by atoms with E-state index in [-0.39, 0.29) is 30.9 Å². The second-order valence-corrected chi connectivity index (χ2v) is 11.1. The number of carbonyl (C=O) groups excluding carboxylic acids is 2. The fourth-order valence-corrected chi connectivity index (χ4v) is 7.81. The van der Waals surface area contributed by atoms with Crippen LogP contribution < -0.4 is 0 Å². The average molecular weight is 433 g/mol. The number of carbonyl (C=O) groups is 2. The normalized spacial score (nSPS) is 37.0. The van der Waals surface area contributed by atoms with Crippen molar-refractivity contribution >= 4 is 23.2 Å². The minimum absolute atomic E-state index is 0.0963. The van der Waals surface area contributed by atoms with Gasteiger partial charge >= 0.3 is 5.97 Å². The van der Waals surface area contributed by atoms with Gasteiger partial charge in [-0.1, -0.05) is 6.92 Å². The Balaban J connectivity index is 1.26. The summed E-state index contributed by atoms with van der Waals surface area (Å²) in [6, 6.07) is -0.672. The smallest absolute Gasteiger partial charge is 0.329 e. The molecule has 0 spiro atoms. The van der Waals surface area contributed by atoms with Gasteiger partial charge in [0.25, 0.3) is 0 Å². The summed E-state index contributed by atoms with van der Waals surface area (Å²) in [4.78, 5) is 32.8. The lowest BCUT2D eigenvalue weighted by atomic mass is 9.49. The number of aliphatic hydroxyl groups excluding tert-OH is 1. The van der Waals surface area contributed by atoms with Gasteiger partial charge in [-0.25, -0.2) is 9.78 Å². The summed E-state index contributed by atoms with van der Waals surface area (Å²) in [6.45, 7) is 2.49. The number of hydrogen-bond donors (Lipinski definition) is 1. The van der Waals surface area contributed by atoms with Gasteiger partial charge in [0.05, 0.1) is 22.2 Å². The van der Waals surface area contributed by atoms with Gasteiger partial charge in [-0.15, -0.1) is 11.3 Å². The number of aromatic nitrogens is 1. The number of likely N-dealkylation sites (tertiary alicyclic amines) is 1. The van der Waals surface area contributed by atoms with Crippen molar-refractivity contribution in [1.82, 2.24) is 9.88 Å². The highest BCUT2D eigenvalue weighted by Crippen LogP contribution is 2.60. The zero-order valence-electron chi connectivity index (χ0n) is 17.7. The molecule has 5 aliphatic rings. The second kappa shape index (κ2) is 7.90. The summed E-state index contributed by atoms with van der Waals surface area (Å²) in [6.07, 6.45) is 8.29. The maximum Gasteiger partial charge on any atom is 0.329 e. The van der Waals surface area contributed by atoms with E-state index in [0.717, 1.165) is 42.8 Å². The lowest BCUT2D eigenvalue weighted by Gasteiger charge is -2.56. The lowest BCUT2D eigenvalue weighted by Crippen LogP contribution is -2.56. The van der Waals surface area contributed by atoms with Gasteiger partial charge in [-0.2, -0.15) is 0 Å². The summed E-state index contributed by atoms with van der Waals surface area (Å²) in [5.41, 5.74) is 0.454. The quantitative estimate of drug-likeness (QED) is 0.698. The highest BCUT2D eigenvalue weighted by molar-refractivity contribution is 7.09. The molecular weight excluding hydrogens is 400 g/mol. The van der Waals surface area contributed by atoms with Gasteiger partial charge in [0, 0.05) is 18.3 Å². The predicted octanol–water partition coefficient (Wildman–Crippen LogP) is 3.32. The summed E-state index contributed by atoms with van der Waals surface area (Å²) < 4.78 is 5.55. The van der Waals surface area contributed by atoms with E-state index in [1.54, 1.807) is 16.2 Å². The molecule has 2 heterocycles. The van der Waals surface area contributed by atoms with E-state index in [4.69, 9.17) is 4.74 Å². The Bertz CT molecular complexity index is 787. The minimum Gasteiger partial charge on any atom is -0.458 e. The van der Waals surface area contributed by atoms with Gasteiger partial charge in [0.2, 0.25) is 5.91 Å². The van der Waals surface area contributed by atoms with Crippen LogP contribution in [0.25, 0.3) is 0 Å². The van der Waals surface area contributed by atoms with E-state index in [0.29, 0.717) is 17.8 Å². The van der Waals surface area contributed by atoms with Crippen LogP contribution in [0.2, 0.25) is 0 Å². The molecule has 5 fully saturated rings. The van der Waals surface area contributed by atoms with Crippen molar-refractivity contribution in [3.8, 4) is 0 Å². The van der Waals surface area contributed by atoms with Crippen LogP contribution in [0.1, 0.15) is 69.0 Å². The molecule has 4 bridgehead atoms. The number of ether oxygens (including phenoxy) is 1. The fourth-order valence-electron chi connectivity index (χ4n) is 6.92. The zero-order chi connectivity index (χ0) is 20.9. The number of nitrogens with zero attached hydrogens (tertiary/aromatic N) is 2. The van der Waals surface area contributed by atoms with E-state index < -0.39 is 18.1 Å². The van der Waals surface area contributed by atoms with E-state index in [9.17, 15) is 14.7 Å². The minimum atomic E-state index is -0.672. The monoisotopic (exact) mass is 432 g/mol. The van der Waals surface area contributed by atoms with Crippen LogP contribution in [0.15, 0.2) is 5.38 Å². The molecule has 1 unspecified atom stereocenters. The van der Waals surface area contributed by atoms with Gasteiger partial charge in [-0.05, 0) is 69.1 Å². The summed E-state index contributed by atoms with van der Waals surface area (Å²) >= 11 is 1.59. The summed E-state index contributed by atoms with van der Waals surface area (Å²) in [5.74, 6) is 1.69. The Labute approximate surface area is 182 Å². The molecule has 164 valence electrons. The Morgan fingerprint density at radius 2 is 1.87 bits per heavy atom. The topological polar surface area (TPSA) is 79.7 Å². The van der Waals surface area contributed by atoms with Crippen LogP contribution in [0.4, 0.5) is 0 Å². The van der Waals surface area contributed by atoms with Crippen molar-refractivity contribution < 1.29 is 19.4 Å². The Morgan fingerprint density at radius 1 is 1.20 bits per heavy atom. The number of hydrogen-bond acceptors (Lipinski definition) is 6. The second-order valence-electron chi connectivity index (χ2n) is 10.2. The van der Waals surface area contributed by atoms with Crippen LogP contribution in [0.5, 0.6) is 0 Å². The number of rotatable bonds is 6. The first kappa shape index (κ1) is 20.4. The van der Waals surface area contributed by atoms with Crippen molar-refractivity contribution in [1.29, 1.82) is 0 Å². The molecule has 1 aromatic heterocycles. The van der Waals surface area contributed by atoms with Crippen LogP contribution in [0, 0.1) is 23.2 Å². The van der Waals surface area contributed by atoms with Crippen LogP contribution in [-0.4, -0.2) is 45.6 Å². The van der Waals surface area contributed by atoms with Crippen molar-refractivity contribution in [3.63, 3.8) is 0 Å². The highest BCUT2D eigenvalue weighted by Gasteiger charge is 2.57. The highest BCUT2D eigenvalue weighted by atomic mass is 32.1. The molecule has 2 atom stereocenters. The number of esters is 1. The molecule has 1 aliphatic heterocycles. The van der Waals surface area contributed by atoms with Crippen LogP contribution in [-0.2, 0) is 27.4 Å². The molecule has 7 heteroatoms. The van der Waals surface area contributed by atoms with E-state index in [1.165, 1.54) is 19.3 Å². The number of aryl methyl sites for hydroxylation is 1. The van der Waals surface area contributed by atoms with Gasteiger partial charge < -0.3 is 14.7 Å². The van der Waals surface area contributed by atoms with Crippen molar-refractivity contribution in [2.24, 2.45) is 23.2 Å². The van der Waals surface area contributed by atoms with Crippen LogP contribution >= 0.6 is 11.3 Å². The molecular formula is C23H32N2O4S. The van der Waals surface area contributed by atoms with E-state index in [1.807, 2.05) is 5.38 Å². The number of aliphatic hydroxyl groups is 1. The maximum absolute atomic E-state index is 13.7. The zero-order valence-corrected chi connectivity index (χ0v) is 18.5. The molecule has 1 N–H and O–H groups in total. The Hall–Kier alpha value is -1.47. The predicted molar refractivity (Wildman–Crippen MR) is 113 cm³/mol. The van der Waals surface area contributed by atoms with Gasteiger partial charge in [-0.3, -0.25) is 4.79 Å². The summed E-state index contributed by atoms with van der Waals surface area (Å²) in [5, 5.41) is 13.3. The molecule has 4 saturated carbocycles. The Morgan fingerprint density at radius 3 is 2.50 bits per heavy atom. The van der Waals surface area contributed by atoms with E-state index in [2.05, 4.69) is 11.9 Å². The third kappa shape index (κ3) is 3.68. The van der Waals surface area contributed by atoms with E-state index >= 15 is 0 Å². The number of thiazole rings is 1. The first-order valence-corrected chi connectivity index (χ1v) is 12.4. The SMILES string of the molecule is CCCc1nc(COC(=O)[C@@H]2CC(O)CN2C(=O)C23CC4CC(CC(C4)C2)C3)cs1. The summed E-state index contributed by atoms with van der Waals surface area (Å²) in [7, 11) is 0. The lowest BCUT2D eigenvalue weighted by molar-refractivity contribution is -0.166. The Kier molecular flexibility index (Phi) is 5.38. The van der Waals surface area contributed by atoms with Crippen molar-refractivity contribution in [3.05, 3.63) is 16.1 Å². The van der Waals surface area contributed by atoms with Crippen LogP contribution in [0.3, 0.4) is 0 Å². The van der Waals surface area contributed by atoms with Crippen molar-refractivity contribution in [2.45, 2.75) is 83.5 Å². The fraction of sp³-hybridized carbons (Fsp3) is 0.783. The third-order valence-corrected chi connectivity index (χ3v) is 8.69.